The summed E-state index contributed by atoms with van der Waals surface area (Å²) in [5.41, 5.74) is 7.59. The molecule has 21 heavy (non-hydrogen) atoms. The minimum atomic E-state index is 0.0300. The normalized spacial score (nSPS) is 17.9. The number of nitrogens with zero attached hydrogens (tertiary/aromatic N) is 1. The van der Waals surface area contributed by atoms with Crippen molar-refractivity contribution in [3.05, 3.63) is 29.3 Å². The smallest absolute Gasteiger partial charge is 0.123 e. The summed E-state index contributed by atoms with van der Waals surface area (Å²) in [4.78, 5) is 2.43. The Hall–Kier alpha value is -1.54. The van der Waals surface area contributed by atoms with Crippen molar-refractivity contribution in [1.29, 1.82) is 0 Å². The van der Waals surface area contributed by atoms with E-state index < -0.39 is 0 Å². The molecule has 0 aromatic heterocycles. The summed E-state index contributed by atoms with van der Waals surface area (Å²) < 4.78 is 11.1. The van der Waals surface area contributed by atoms with E-state index >= 15 is 0 Å². The van der Waals surface area contributed by atoms with Crippen molar-refractivity contribution in [3.63, 3.8) is 0 Å². The van der Waals surface area contributed by atoms with Crippen molar-refractivity contribution < 1.29 is 9.47 Å². The van der Waals surface area contributed by atoms with Gasteiger partial charge in [0.2, 0.25) is 0 Å². The summed E-state index contributed by atoms with van der Waals surface area (Å²) in [6.45, 7) is 8.07. The van der Waals surface area contributed by atoms with E-state index in [2.05, 4.69) is 36.7 Å². The molecule has 114 valence electrons. The number of hydrogen-bond donors (Lipinski definition) is 1. The minimum absolute atomic E-state index is 0.0300. The zero-order valence-electron chi connectivity index (χ0n) is 13.1. The maximum Gasteiger partial charge on any atom is 0.123 e. The second-order valence-electron chi connectivity index (χ2n) is 5.82. The molecular weight excluding hydrogens is 264 g/mol. The van der Waals surface area contributed by atoms with Crippen LogP contribution in [0.15, 0.2) is 18.2 Å². The lowest BCUT2D eigenvalue weighted by Crippen LogP contribution is -2.52. The Morgan fingerprint density at radius 2 is 2.24 bits per heavy atom. The predicted molar refractivity (Wildman–Crippen MR) is 84.2 cm³/mol. The van der Waals surface area contributed by atoms with Gasteiger partial charge in [-0.3, -0.25) is 4.90 Å². The molecule has 0 unspecified atom stereocenters. The molecule has 0 saturated carbocycles. The highest BCUT2D eigenvalue weighted by atomic mass is 16.5. The maximum absolute atomic E-state index is 5.58. The number of benzene rings is 1. The quantitative estimate of drug-likeness (QED) is 0.859. The molecule has 0 bridgehead atoms. The van der Waals surface area contributed by atoms with Crippen LogP contribution in [0.5, 0.6) is 5.75 Å². The van der Waals surface area contributed by atoms with Gasteiger partial charge in [0, 0.05) is 29.8 Å². The van der Waals surface area contributed by atoms with Gasteiger partial charge in [0.05, 0.1) is 26.9 Å². The zero-order chi connectivity index (χ0) is 15.3. The lowest BCUT2D eigenvalue weighted by Gasteiger charge is -2.42. The molecule has 0 amide bonds. The Kier molecular flexibility index (Phi) is 5.24. The summed E-state index contributed by atoms with van der Waals surface area (Å²) in [7, 11) is 1.70. The lowest BCUT2D eigenvalue weighted by molar-refractivity contribution is -0.0554. The van der Waals surface area contributed by atoms with Crippen LogP contribution >= 0.6 is 0 Å². The monoisotopic (exact) mass is 288 g/mol. The first kappa shape index (κ1) is 15.8. The third-order valence-corrected chi connectivity index (χ3v) is 3.79. The fraction of sp³-hybridized carbons (Fsp3) is 0.529. The van der Waals surface area contributed by atoms with Gasteiger partial charge in [0.1, 0.15) is 5.75 Å². The molecule has 1 aromatic rings. The van der Waals surface area contributed by atoms with Gasteiger partial charge in [-0.1, -0.05) is 11.8 Å². The molecule has 2 N–H and O–H groups in total. The highest BCUT2D eigenvalue weighted by molar-refractivity contribution is 5.44. The number of hydrogen-bond acceptors (Lipinski definition) is 4. The highest BCUT2D eigenvalue weighted by Crippen LogP contribution is 2.26. The number of ether oxygens (including phenoxy) is 2. The maximum atomic E-state index is 5.58. The van der Waals surface area contributed by atoms with Gasteiger partial charge < -0.3 is 15.2 Å². The largest absolute Gasteiger partial charge is 0.496 e. The van der Waals surface area contributed by atoms with Gasteiger partial charge in [-0.05, 0) is 32.0 Å². The molecule has 0 atom stereocenters. The van der Waals surface area contributed by atoms with Crippen molar-refractivity contribution in [1.82, 2.24) is 4.90 Å². The van der Waals surface area contributed by atoms with E-state index in [4.69, 9.17) is 15.2 Å². The van der Waals surface area contributed by atoms with Crippen LogP contribution in [0.1, 0.15) is 25.0 Å². The van der Waals surface area contributed by atoms with Gasteiger partial charge in [0.25, 0.3) is 0 Å². The molecule has 1 aliphatic rings. The average molecular weight is 288 g/mol. The van der Waals surface area contributed by atoms with Gasteiger partial charge in [-0.15, -0.1) is 0 Å². The number of nitrogens with two attached hydrogens (primary N) is 1. The van der Waals surface area contributed by atoms with Crippen molar-refractivity contribution in [2.45, 2.75) is 25.9 Å². The van der Waals surface area contributed by atoms with E-state index in [-0.39, 0.29) is 5.54 Å². The number of methoxy groups -OCH3 is 1. The first-order valence-corrected chi connectivity index (χ1v) is 7.25. The van der Waals surface area contributed by atoms with Crippen molar-refractivity contribution in [2.24, 2.45) is 5.73 Å². The van der Waals surface area contributed by atoms with E-state index in [9.17, 15) is 0 Å². The fourth-order valence-electron chi connectivity index (χ4n) is 2.52. The molecule has 4 heteroatoms. The standard InChI is InChI=1S/C17H24N2O2/c1-17(2)13-21-10-9-19(17)12-15-11-14(5-4-8-18)6-7-16(15)20-3/h6-7,11H,8-10,12-13,18H2,1-3H3. The van der Waals surface area contributed by atoms with Crippen molar-refractivity contribution in [3.8, 4) is 17.6 Å². The van der Waals surface area contributed by atoms with Gasteiger partial charge in [0.15, 0.2) is 0 Å². The van der Waals surface area contributed by atoms with Crippen LogP contribution in [-0.2, 0) is 11.3 Å². The molecule has 1 aliphatic heterocycles. The molecule has 1 heterocycles. The predicted octanol–water partition coefficient (Wildman–Crippen LogP) is 1.62. The first-order chi connectivity index (χ1) is 10.1. The number of morpholine rings is 1. The Balaban J connectivity index is 2.24. The highest BCUT2D eigenvalue weighted by Gasteiger charge is 2.30. The third-order valence-electron chi connectivity index (χ3n) is 3.79. The summed E-state index contributed by atoms with van der Waals surface area (Å²) in [6, 6.07) is 6.03. The molecule has 1 saturated heterocycles. The summed E-state index contributed by atoms with van der Waals surface area (Å²) in [5, 5.41) is 0. The van der Waals surface area contributed by atoms with Crippen LogP contribution < -0.4 is 10.5 Å². The molecule has 4 nitrogen and oxygen atoms in total. The third kappa shape index (κ3) is 3.98. The van der Waals surface area contributed by atoms with Crippen LogP contribution in [0.4, 0.5) is 0 Å². The number of rotatable bonds is 3. The Morgan fingerprint density at radius 1 is 1.43 bits per heavy atom. The van der Waals surface area contributed by atoms with Crippen LogP contribution in [0.3, 0.4) is 0 Å². The van der Waals surface area contributed by atoms with Crippen molar-refractivity contribution in [2.75, 3.05) is 33.4 Å². The summed E-state index contributed by atoms with van der Waals surface area (Å²) >= 11 is 0. The first-order valence-electron chi connectivity index (χ1n) is 7.25. The van der Waals surface area contributed by atoms with E-state index in [0.29, 0.717) is 6.54 Å². The van der Waals surface area contributed by atoms with Crippen LogP contribution in [0, 0.1) is 11.8 Å². The Bertz CT molecular complexity index is 543. The van der Waals surface area contributed by atoms with Crippen LogP contribution in [-0.4, -0.2) is 43.9 Å². The second kappa shape index (κ2) is 6.95. The molecule has 1 fully saturated rings. The zero-order valence-corrected chi connectivity index (χ0v) is 13.1. The lowest BCUT2D eigenvalue weighted by atomic mass is 10.0. The second-order valence-corrected chi connectivity index (χ2v) is 5.82. The van der Waals surface area contributed by atoms with Gasteiger partial charge in [-0.25, -0.2) is 0 Å². The van der Waals surface area contributed by atoms with E-state index in [0.717, 1.165) is 43.2 Å². The average Bonchev–Trinajstić information content (AvgIpc) is 2.47. The molecule has 0 aliphatic carbocycles. The Labute approximate surface area is 127 Å². The molecule has 0 spiro atoms. The van der Waals surface area contributed by atoms with Crippen molar-refractivity contribution >= 4 is 0 Å². The van der Waals surface area contributed by atoms with E-state index in [1.54, 1.807) is 7.11 Å². The Morgan fingerprint density at radius 3 is 2.90 bits per heavy atom. The molecule has 1 aromatic carbocycles. The van der Waals surface area contributed by atoms with Gasteiger partial charge >= 0.3 is 0 Å². The molecule has 0 radical (unpaired) electrons. The SMILES string of the molecule is COc1ccc(C#CCN)cc1CN1CCOCC1(C)C. The van der Waals surface area contributed by atoms with Crippen LogP contribution in [0.2, 0.25) is 0 Å². The van der Waals surface area contributed by atoms with E-state index in [1.807, 2.05) is 12.1 Å². The van der Waals surface area contributed by atoms with E-state index in [1.165, 1.54) is 0 Å². The van der Waals surface area contributed by atoms with Gasteiger partial charge in [-0.2, -0.15) is 0 Å². The minimum Gasteiger partial charge on any atom is -0.496 e. The summed E-state index contributed by atoms with van der Waals surface area (Å²) in [5.74, 6) is 6.87. The molecule has 2 rings (SSSR count). The van der Waals surface area contributed by atoms with Crippen LogP contribution in [0.25, 0.3) is 0 Å². The summed E-state index contributed by atoms with van der Waals surface area (Å²) in [6.07, 6.45) is 0. The fourth-order valence-corrected chi connectivity index (χ4v) is 2.52. The molecular formula is C17H24N2O2. The topological polar surface area (TPSA) is 47.7 Å².